The van der Waals surface area contributed by atoms with Crippen LogP contribution in [-0.4, -0.2) is 61.1 Å². The van der Waals surface area contributed by atoms with E-state index in [-0.39, 0.29) is 17.4 Å². The van der Waals surface area contributed by atoms with E-state index in [2.05, 4.69) is 15.2 Å². The first-order chi connectivity index (χ1) is 16.7. The van der Waals surface area contributed by atoms with Crippen LogP contribution < -0.4 is 10.1 Å². The fraction of sp³-hybridized carbons (Fsp3) is 0.423. The second kappa shape index (κ2) is 9.91. The summed E-state index contributed by atoms with van der Waals surface area (Å²) in [4.78, 5) is 17.2. The number of H-pyrrole nitrogens is 1. The number of aromatic amines is 1. The fourth-order valence-electron chi connectivity index (χ4n) is 5.23. The zero-order valence-electron chi connectivity index (χ0n) is 20.6. The third-order valence-corrected chi connectivity index (χ3v) is 9.44. The van der Waals surface area contributed by atoms with Crippen LogP contribution in [0.25, 0.3) is 10.9 Å². The van der Waals surface area contributed by atoms with Crippen molar-refractivity contribution in [3.63, 3.8) is 0 Å². The summed E-state index contributed by atoms with van der Waals surface area (Å²) in [6, 6.07) is 9.12. The molecule has 0 amide bonds. The van der Waals surface area contributed by atoms with Gasteiger partial charge in [-0.3, -0.25) is 4.90 Å². The van der Waals surface area contributed by atoms with E-state index >= 15 is 0 Å². The highest BCUT2D eigenvalue weighted by atomic mass is 32.2. The van der Waals surface area contributed by atoms with Gasteiger partial charge in [-0.1, -0.05) is 13.0 Å². The molecule has 0 radical (unpaired) electrons. The van der Waals surface area contributed by atoms with E-state index in [4.69, 9.17) is 4.74 Å². The summed E-state index contributed by atoms with van der Waals surface area (Å²) in [7, 11) is 0.148. The second-order valence-corrected chi connectivity index (χ2v) is 11.7. The number of aromatic carboxylic acids is 1. The number of piperidine rings is 1. The fourth-order valence-corrected chi connectivity index (χ4v) is 6.64. The van der Waals surface area contributed by atoms with Gasteiger partial charge < -0.3 is 20.1 Å². The minimum atomic E-state index is -3.21. The summed E-state index contributed by atoms with van der Waals surface area (Å²) in [5.74, 6) is -0.0966. The molecule has 0 bridgehead atoms. The van der Waals surface area contributed by atoms with Crippen LogP contribution in [0.1, 0.15) is 52.9 Å². The third-order valence-electron chi connectivity index (χ3n) is 7.20. The Labute approximate surface area is 206 Å². The van der Waals surface area contributed by atoms with Crippen LogP contribution in [0.5, 0.6) is 5.75 Å². The van der Waals surface area contributed by atoms with Crippen LogP contribution in [0.4, 0.5) is 5.69 Å². The summed E-state index contributed by atoms with van der Waals surface area (Å²) in [5, 5.41) is 13.2. The van der Waals surface area contributed by atoms with Crippen molar-refractivity contribution in [2.24, 2.45) is 0 Å². The number of carbonyl (C=O) groups is 1. The molecule has 4 rings (SSSR count). The molecule has 3 N–H and O–H groups in total. The summed E-state index contributed by atoms with van der Waals surface area (Å²) < 4.78 is 31.4. The number of anilines is 1. The Kier molecular flexibility index (Phi) is 7.10. The van der Waals surface area contributed by atoms with Crippen LogP contribution in [0.15, 0.2) is 36.5 Å². The Morgan fingerprint density at radius 2 is 2.06 bits per heavy atom. The lowest BCUT2D eigenvalue weighted by Gasteiger charge is -2.40. The summed E-state index contributed by atoms with van der Waals surface area (Å²) in [6.07, 6.45) is 2.93. The van der Waals surface area contributed by atoms with Crippen molar-refractivity contribution < 1.29 is 23.1 Å². The van der Waals surface area contributed by atoms with Gasteiger partial charge in [0, 0.05) is 60.3 Å². The van der Waals surface area contributed by atoms with E-state index in [9.17, 15) is 18.3 Å². The normalized spacial score (nSPS) is 19.1. The molecule has 0 spiro atoms. The number of methoxy groups -OCH3 is 1. The lowest BCUT2D eigenvalue weighted by atomic mass is 9.92. The van der Waals surface area contributed by atoms with Crippen LogP contribution >= 0.6 is 0 Å². The number of nitrogens with one attached hydrogen (secondary N) is 2. The number of nitrogens with zero attached hydrogens (tertiary/aromatic N) is 1. The van der Waals surface area contributed by atoms with Gasteiger partial charge in [-0.2, -0.15) is 0 Å². The van der Waals surface area contributed by atoms with Crippen molar-refractivity contribution in [1.29, 1.82) is 0 Å². The molecular weight excluding hydrogens is 466 g/mol. The smallest absolute Gasteiger partial charge is 0.337 e. The third kappa shape index (κ3) is 4.75. The van der Waals surface area contributed by atoms with Crippen molar-refractivity contribution in [1.82, 2.24) is 9.88 Å². The van der Waals surface area contributed by atoms with E-state index in [0.29, 0.717) is 31.6 Å². The van der Waals surface area contributed by atoms with E-state index in [0.717, 1.165) is 33.3 Å². The topological polar surface area (TPSA) is 112 Å². The molecule has 1 aliphatic heterocycles. The molecule has 1 aromatic heterocycles. The molecule has 35 heavy (non-hydrogen) atoms. The second-order valence-electron chi connectivity index (χ2n) is 9.08. The van der Waals surface area contributed by atoms with Gasteiger partial charge in [0.25, 0.3) is 0 Å². The molecule has 0 saturated carbocycles. The largest absolute Gasteiger partial charge is 0.496 e. The van der Waals surface area contributed by atoms with Crippen LogP contribution in [0.2, 0.25) is 0 Å². The number of benzene rings is 2. The molecule has 2 atom stereocenters. The maximum atomic E-state index is 12.8. The van der Waals surface area contributed by atoms with Gasteiger partial charge in [-0.25, -0.2) is 13.2 Å². The van der Waals surface area contributed by atoms with E-state index < -0.39 is 21.1 Å². The molecule has 1 fully saturated rings. The minimum absolute atomic E-state index is 0.111. The first kappa shape index (κ1) is 25.1. The van der Waals surface area contributed by atoms with E-state index in [1.54, 1.807) is 33.2 Å². The molecule has 2 heterocycles. The van der Waals surface area contributed by atoms with Crippen molar-refractivity contribution >= 4 is 32.4 Å². The first-order valence-corrected chi connectivity index (χ1v) is 13.6. The number of fused-ring (bicyclic) bond motifs is 1. The van der Waals surface area contributed by atoms with Crippen molar-refractivity contribution in [3.8, 4) is 5.75 Å². The van der Waals surface area contributed by atoms with Crippen molar-refractivity contribution in [3.05, 3.63) is 58.8 Å². The molecule has 2 unspecified atom stereocenters. The van der Waals surface area contributed by atoms with E-state index in [1.807, 2.05) is 31.3 Å². The lowest BCUT2D eigenvalue weighted by molar-refractivity contribution is 0.0698. The maximum Gasteiger partial charge on any atom is 0.337 e. The van der Waals surface area contributed by atoms with Gasteiger partial charge in [-0.05, 0) is 55.2 Å². The lowest BCUT2D eigenvalue weighted by Crippen LogP contribution is -2.41. The van der Waals surface area contributed by atoms with Crippen LogP contribution in [-0.2, 0) is 16.4 Å². The van der Waals surface area contributed by atoms with E-state index in [1.165, 1.54) is 0 Å². The molecule has 8 nitrogen and oxygen atoms in total. The van der Waals surface area contributed by atoms with Gasteiger partial charge in [0.1, 0.15) is 5.75 Å². The Morgan fingerprint density at radius 3 is 2.71 bits per heavy atom. The Morgan fingerprint density at radius 1 is 1.29 bits per heavy atom. The average Bonchev–Trinajstić information content (AvgIpc) is 3.36. The summed E-state index contributed by atoms with van der Waals surface area (Å²) in [6.45, 7) is 4.92. The Hall–Kier alpha value is -3.04. The zero-order valence-corrected chi connectivity index (χ0v) is 21.4. The number of rotatable bonds is 8. The van der Waals surface area contributed by atoms with Gasteiger partial charge in [0.05, 0.1) is 17.9 Å². The monoisotopic (exact) mass is 499 g/mol. The molecule has 1 saturated heterocycles. The number of carboxylic acids is 1. The summed E-state index contributed by atoms with van der Waals surface area (Å²) >= 11 is 0. The maximum absolute atomic E-state index is 12.8. The highest BCUT2D eigenvalue weighted by Crippen LogP contribution is 2.39. The van der Waals surface area contributed by atoms with Gasteiger partial charge in [0.15, 0.2) is 9.84 Å². The summed E-state index contributed by atoms with van der Waals surface area (Å²) in [5.41, 5.74) is 4.79. The number of likely N-dealkylation sites (tertiary alicyclic amines) is 1. The number of ether oxygens (including phenoxy) is 1. The number of hydrogen-bond acceptors (Lipinski definition) is 6. The van der Waals surface area contributed by atoms with Gasteiger partial charge in [0.2, 0.25) is 0 Å². The average molecular weight is 500 g/mol. The van der Waals surface area contributed by atoms with Crippen molar-refractivity contribution in [2.45, 2.75) is 44.5 Å². The van der Waals surface area contributed by atoms with Crippen LogP contribution in [0, 0.1) is 6.92 Å². The van der Waals surface area contributed by atoms with Crippen molar-refractivity contribution in [2.75, 3.05) is 31.8 Å². The highest BCUT2D eigenvalue weighted by Gasteiger charge is 2.36. The Balaban J connectivity index is 1.78. The minimum Gasteiger partial charge on any atom is -0.496 e. The molecule has 1 aliphatic rings. The SMILES string of the molecule is CCS(=O)(=O)C1CCN(Cc2c(OC)cc(C)c3[nH]ccc23)C(c2ccc(C(=O)O)c(NC)c2)C1. The standard InChI is InChI=1S/C26H33N3O5S/c1-5-35(32,33)18-9-11-29(15-21-19-8-10-28-25(19)16(2)12-24(21)34-4)23(14-18)17-6-7-20(26(30)31)22(13-17)27-3/h6-8,10,12-13,18,23,27-28H,5,9,11,14-15H2,1-4H3,(H,30,31). The number of carboxylic acid groups (broad SMARTS) is 1. The molecule has 2 aromatic carbocycles. The number of aryl methyl sites for hydroxylation is 1. The zero-order chi connectivity index (χ0) is 25.3. The predicted molar refractivity (Wildman–Crippen MR) is 138 cm³/mol. The van der Waals surface area contributed by atoms with Gasteiger partial charge in [-0.15, -0.1) is 0 Å². The number of hydrogen-bond donors (Lipinski definition) is 3. The highest BCUT2D eigenvalue weighted by molar-refractivity contribution is 7.92. The molecule has 9 heteroatoms. The molecule has 188 valence electrons. The molecular formula is C26H33N3O5S. The predicted octanol–water partition coefficient (Wildman–Crippen LogP) is 4.37. The Bertz CT molecular complexity index is 1350. The quantitative estimate of drug-likeness (QED) is 0.422. The molecule has 0 aliphatic carbocycles. The number of aromatic nitrogens is 1. The number of sulfone groups is 1. The van der Waals surface area contributed by atoms with Gasteiger partial charge >= 0.3 is 5.97 Å². The first-order valence-electron chi connectivity index (χ1n) is 11.8. The van der Waals surface area contributed by atoms with Crippen LogP contribution in [0.3, 0.4) is 0 Å². The molecule has 3 aromatic rings.